The number of aromatic nitrogens is 3. The van der Waals surface area contributed by atoms with Gasteiger partial charge in [0.05, 0.1) is 29.6 Å². The standard InChI is InChI=1S/C31H26N4O3/c1-19-12-14-23(15-13-19)34-20(2)16-22(21(34)3)18-32-35-30(33-26-9-6-5-8-24(26)31(35)36)29-17-25-27(37-4)10-7-11-28(25)38-29/h5-18H,1-4H3. The highest BCUT2D eigenvalue weighted by Crippen LogP contribution is 2.33. The van der Waals surface area contributed by atoms with Crippen LogP contribution >= 0.6 is 0 Å². The molecule has 0 amide bonds. The van der Waals surface area contributed by atoms with Crippen molar-refractivity contribution in [3.8, 4) is 23.0 Å². The molecule has 0 N–H and O–H groups in total. The molecule has 0 aliphatic carbocycles. The average molecular weight is 503 g/mol. The summed E-state index contributed by atoms with van der Waals surface area (Å²) in [5.41, 5.74) is 6.21. The Labute approximate surface area is 219 Å². The zero-order valence-corrected chi connectivity index (χ0v) is 21.6. The van der Waals surface area contributed by atoms with Gasteiger partial charge in [-0.3, -0.25) is 4.79 Å². The molecule has 6 rings (SSSR count). The number of aryl methyl sites for hydroxylation is 2. The fourth-order valence-electron chi connectivity index (χ4n) is 4.84. The lowest BCUT2D eigenvalue weighted by molar-refractivity contribution is 0.419. The zero-order chi connectivity index (χ0) is 26.4. The van der Waals surface area contributed by atoms with Gasteiger partial charge in [-0.05, 0) is 69.3 Å². The predicted octanol–water partition coefficient (Wildman–Crippen LogP) is 6.42. The van der Waals surface area contributed by atoms with Gasteiger partial charge in [0.2, 0.25) is 5.82 Å². The van der Waals surface area contributed by atoms with Crippen molar-refractivity contribution in [2.45, 2.75) is 20.8 Å². The molecular formula is C31H26N4O3. The number of hydrogen-bond acceptors (Lipinski definition) is 5. The van der Waals surface area contributed by atoms with E-state index in [1.54, 1.807) is 19.4 Å². The number of nitrogens with zero attached hydrogens (tertiary/aromatic N) is 4. The maximum absolute atomic E-state index is 13.6. The Balaban J connectivity index is 1.52. The van der Waals surface area contributed by atoms with Crippen LogP contribution in [0, 0.1) is 20.8 Å². The van der Waals surface area contributed by atoms with Crippen LogP contribution in [-0.4, -0.2) is 27.6 Å². The van der Waals surface area contributed by atoms with E-state index in [1.165, 1.54) is 10.2 Å². The van der Waals surface area contributed by atoms with E-state index in [0.29, 0.717) is 33.8 Å². The number of methoxy groups -OCH3 is 1. The van der Waals surface area contributed by atoms with Crippen LogP contribution in [0.15, 0.2) is 93.2 Å². The largest absolute Gasteiger partial charge is 0.496 e. The second kappa shape index (κ2) is 9.19. The molecule has 3 heterocycles. The Kier molecular flexibility index (Phi) is 5.68. The van der Waals surface area contributed by atoms with E-state index in [2.05, 4.69) is 53.8 Å². The van der Waals surface area contributed by atoms with E-state index in [9.17, 15) is 4.79 Å². The van der Waals surface area contributed by atoms with Crippen LogP contribution in [0.1, 0.15) is 22.5 Å². The summed E-state index contributed by atoms with van der Waals surface area (Å²) >= 11 is 0. The quantitative estimate of drug-likeness (QED) is 0.255. The minimum atomic E-state index is -0.276. The topological polar surface area (TPSA) is 74.6 Å². The lowest BCUT2D eigenvalue weighted by Gasteiger charge is -2.10. The van der Waals surface area contributed by atoms with Crippen molar-refractivity contribution in [3.63, 3.8) is 0 Å². The fourth-order valence-corrected chi connectivity index (χ4v) is 4.84. The first-order valence-corrected chi connectivity index (χ1v) is 12.3. The monoisotopic (exact) mass is 502 g/mol. The van der Waals surface area contributed by atoms with Crippen LogP contribution in [0.25, 0.3) is 39.1 Å². The summed E-state index contributed by atoms with van der Waals surface area (Å²) in [6, 6.07) is 25.1. The number of hydrogen-bond donors (Lipinski definition) is 0. The van der Waals surface area contributed by atoms with E-state index in [4.69, 9.17) is 14.1 Å². The van der Waals surface area contributed by atoms with Crippen LogP contribution in [0.4, 0.5) is 0 Å². The summed E-state index contributed by atoms with van der Waals surface area (Å²) in [6.07, 6.45) is 1.71. The van der Waals surface area contributed by atoms with E-state index in [-0.39, 0.29) is 5.56 Å². The Bertz CT molecular complexity index is 1910. The third-order valence-corrected chi connectivity index (χ3v) is 6.79. The molecule has 0 fully saturated rings. The third-order valence-electron chi connectivity index (χ3n) is 6.79. The maximum Gasteiger partial charge on any atom is 0.282 e. The van der Waals surface area contributed by atoms with E-state index in [0.717, 1.165) is 28.0 Å². The van der Waals surface area contributed by atoms with Gasteiger partial charge >= 0.3 is 0 Å². The number of fused-ring (bicyclic) bond motifs is 2. The summed E-state index contributed by atoms with van der Waals surface area (Å²) in [6.45, 7) is 6.17. The molecule has 0 spiro atoms. The Morgan fingerprint density at radius 1 is 0.921 bits per heavy atom. The van der Waals surface area contributed by atoms with Crippen LogP contribution < -0.4 is 10.3 Å². The predicted molar refractivity (Wildman–Crippen MR) is 151 cm³/mol. The van der Waals surface area contributed by atoms with Gasteiger partial charge in [-0.15, -0.1) is 0 Å². The molecule has 0 aliphatic rings. The van der Waals surface area contributed by atoms with Crippen LogP contribution in [0.3, 0.4) is 0 Å². The minimum absolute atomic E-state index is 0.276. The molecule has 3 aromatic heterocycles. The van der Waals surface area contributed by atoms with Crippen molar-refractivity contribution >= 4 is 28.1 Å². The van der Waals surface area contributed by atoms with Gasteiger partial charge in [0.25, 0.3) is 5.56 Å². The van der Waals surface area contributed by atoms with Gasteiger partial charge in [-0.1, -0.05) is 35.9 Å². The first-order valence-electron chi connectivity index (χ1n) is 12.3. The number of rotatable bonds is 5. The highest BCUT2D eigenvalue weighted by molar-refractivity contribution is 5.89. The zero-order valence-electron chi connectivity index (χ0n) is 21.6. The molecule has 0 aliphatic heterocycles. The average Bonchev–Trinajstić information content (AvgIpc) is 3.49. The van der Waals surface area contributed by atoms with E-state index in [1.807, 2.05) is 49.4 Å². The van der Waals surface area contributed by atoms with Crippen molar-refractivity contribution < 1.29 is 9.15 Å². The van der Waals surface area contributed by atoms with Crippen molar-refractivity contribution in [1.29, 1.82) is 0 Å². The molecule has 0 atom stereocenters. The first kappa shape index (κ1) is 23.5. The van der Waals surface area contributed by atoms with E-state index >= 15 is 0 Å². The van der Waals surface area contributed by atoms with Crippen LogP contribution in [-0.2, 0) is 0 Å². The van der Waals surface area contributed by atoms with Crippen molar-refractivity contribution in [1.82, 2.24) is 14.2 Å². The normalized spacial score (nSPS) is 11.7. The highest BCUT2D eigenvalue weighted by Gasteiger charge is 2.18. The summed E-state index contributed by atoms with van der Waals surface area (Å²) in [5, 5.41) is 5.93. The first-order chi connectivity index (χ1) is 18.4. The lowest BCUT2D eigenvalue weighted by Crippen LogP contribution is -2.20. The second-order valence-corrected chi connectivity index (χ2v) is 9.29. The van der Waals surface area contributed by atoms with Gasteiger partial charge in [0.15, 0.2) is 5.76 Å². The Morgan fingerprint density at radius 2 is 1.71 bits per heavy atom. The van der Waals surface area contributed by atoms with Crippen LogP contribution in [0.2, 0.25) is 0 Å². The van der Waals surface area contributed by atoms with Crippen LogP contribution in [0.5, 0.6) is 5.75 Å². The Morgan fingerprint density at radius 3 is 2.50 bits per heavy atom. The molecule has 188 valence electrons. The van der Waals surface area contributed by atoms with Gasteiger partial charge in [-0.25, -0.2) is 4.98 Å². The second-order valence-electron chi connectivity index (χ2n) is 9.29. The molecule has 7 nitrogen and oxygen atoms in total. The third kappa shape index (κ3) is 3.89. The molecule has 6 aromatic rings. The van der Waals surface area contributed by atoms with Gasteiger partial charge in [0, 0.05) is 22.6 Å². The van der Waals surface area contributed by atoms with Gasteiger partial charge in [0.1, 0.15) is 11.3 Å². The SMILES string of the molecule is COc1cccc2oc(-c3nc4ccccc4c(=O)n3N=Cc3cc(C)n(-c4ccc(C)cc4)c3C)cc12. The number of furan rings is 1. The van der Waals surface area contributed by atoms with Gasteiger partial charge in [-0.2, -0.15) is 9.78 Å². The smallest absolute Gasteiger partial charge is 0.282 e. The summed E-state index contributed by atoms with van der Waals surface area (Å²) in [7, 11) is 1.61. The summed E-state index contributed by atoms with van der Waals surface area (Å²) in [4.78, 5) is 18.4. The molecule has 0 saturated carbocycles. The number of para-hydroxylation sites is 1. The maximum atomic E-state index is 13.6. The highest BCUT2D eigenvalue weighted by atomic mass is 16.5. The van der Waals surface area contributed by atoms with E-state index < -0.39 is 0 Å². The van der Waals surface area contributed by atoms with Crippen molar-refractivity contribution in [2.24, 2.45) is 5.10 Å². The Hall–Kier alpha value is -4.91. The lowest BCUT2D eigenvalue weighted by atomic mass is 10.2. The number of ether oxygens (including phenoxy) is 1. The molecule has 7 heteroatoms. The molecule has 3 aromatic carbocycles. The van der Waals surface area contributed by atoms with Gasteiger partial charge < -0.3 is 13.7 Å². The summed E-state index contributed by atoms with van der Waals surface area (Å²) < 4.78 is 15.1. The molecule has 0 unspecified atom stereocenters. The fraction of sp³-hybridized carbons (Fsp3) is 0.129. The molecule has 0 bridgehead atoms. The minimum Gasteiger partial charge on any atom is -0.496 e. The molecule has 0 radical (unpaired) electrons. The van der Waals surface area contributed by atoms with Crippen molar-refractivity contribution in [3.05, 3.63) is 112 Å². The van der Waals surface area contributed by atoms with Crippen molar-refractivity contribution in [2.75, 3.05) is 7.11 Å². The molecular weight excluding hydrogens is 476 g/mol. The molecule has 38 heavy (non-hydrogen) atoms. The summed E-state index contributed by atoms with van der Waals surface area (Å²) in [5.74, 6) is 1.42. The molecule has 0 saturated heterocycles. The number of benzene rings is 3.